The lowest BCUT2D eigenvalue weighted by molar-refractivity contribution is 0.326. The van der Waals surface area contributed by atoms with Gasteiger partial charge in [0.25, 0.3) is 0 Å². The first-order chi connectivity index (χ1) is 8.18. The van der Waals surface area contributed by atoms with Gasteiger partial charge in [0.1, 0.15) is 0 Å². The second kappa shape index (κ2) is 5.50. The second-order valence-corrected chi connectivity index (χ2v) is 5.30. The van der Waals surface area contributed by atoms with E-state index in [0.717, 1.165) is 24.9 Å². The first-order valence-electron chi connectivity index (χ1n) is 6.63. The van der Waals surface area contributed by atoms with Gasteiger partial charge in [-0.2, -0.15) is 0 Å². The van der Waals surface area contributed by atoms with Crippen molar-refractivity contribution in [3.63, 3.8) is 0 Å². The van der Waals surface area contributed by atoms with Crippen molar-refractivity contribution in [3.05, 3.63) is 41.0 Å². The maximum absolute atomic E-state index is 3.45. The Kier molecular flexibility index (Phi) is 4.01. The predicted octanol–water partition coefficient (Wildman–Crippen LogP) is 3.56. The predicted molar refractivity (Wildman–Crippen MR) is 75.1 cm³/mol. The fraction of sp³-hybridized carbons (Fsp3) is 0.500. The van der Waals surface area contributed by atoms with Gasteiger partial charge in [0.15, 0.2) is 0 Å². The van der Waals surface area contributed by atoms with E-state index in [0.29, 0.717) is 0 Å². The number of allylic oxidation sites excluding steroid dienone is 1. The summed E-state index contributed by atoms with van der Waals surface area (Å²) >= 11 is 0. The van der Waals surface area contributed by atoms with Crippen molar-refractivity contribution in [2.75, 3.05) is 13.1 Å². The highest BCUT2D eigenvalue weighted by Crippen LogP contribution is 2.23. The lowest BCUT2D eigenvalue weighted by Gasteiger charge is -2.27. The van der Waals surface area contributed by atoms with Crippen molar-refractivity contribution in [1.29, 1.82) is 0 Å². The number of piperidine rings is 1. The van der Waals surface area contributed by atoms with E-state index in [4.69, 9.17) is 0 Å². The fourth-order valence-corrected chi connectivity index (χ4v) is 2.63. The Morgan fingerprint density at radius 1 is 1.24 bits per heavy atom. The number of hydrogen-bond acceptors (Lipinski definition) is 1. The van der Waals surface area contributed by atoms with Crippen LogP contribution in [0.4, 0.5) is 0 Å². The number of nitrogens with one attached hydrogen (secondary N) is 1. The molecule has 17 heavy (non-hydrogen) atoms. The van der Waals surface area contributed by atoms with Gasteiger partial charge in [-0.3, -0.25) is 0 Å². The quantitative estimate of drug-likeness (QED) is 0.817. The molecule has 0 radical (unpaired) electrons. The summed E-state index contributed by atoms with van der Waals surface area (Å²) in [4.78, 5) is 0. The lowest BCUT2D eigenvalue weighted by Crippen LogP contribution is -2.34. The zero-order chi connectivity index (χ0) is 12.3. The lowest BCUT2D eigenvalue weighted by atomic mass is 9.87. The van der Waals surface area contributed by atoms with Gasteiger partial charge in [-0.1, -0.05) is 37.3 Å². The molecule has 1 aliphatic heterocycles. The van der Waals surface area contributed by atoms with E-state index in [-0.39, 0.29) is 0 Å². The number of benzene rings is 1. The molecule has 92 valence electrons. The topological polar surface area (TPSA) is 12.0 Å². The molecule has 1 aliphatic rings. The van der Waals surface area contributed by atoms with Crippen molar-refractivity contribution >= 4 is 6.08 Å². The van der Waals surface area contributed by atoms with Crippen LogP contribution in [0.1, 0.15) is 30.0 Å². The number of rotatable bonds is 2. The third-order valence-corrected chi connectivity index (χ3v) is 3.90. The molecule has 0 bridgehead atoms. The highest BCUT2D eigenvalue weighted by Gasteiger charge is 2.18. The summed E-state index contributed by atoms with van der Waals surface area (Å²) in [6, 6.07) is 6.52. The smallest absolute Gasteiger partial charge is 0.00175 e. The molecule has 1 N–H and O–H groups in total. The van der Waals surface area contributed by atoms with Crippen molar-refractivity contribution in [3.8, 4) is 0 Å². The molecule has 0 aliphatic carbocycles. The summed E-state index contributed by atoms with van der Waals surface area (Å²) in [5, 5.41) is 3.45. The zero-order valence-corrected chi connectivity index (χ0v) is 11.2. The van der Waals surface area contributed by atoms with Crippen LogP contribution in [0.5, 0.6) is 0 Å². The van der Waals surface area contributed by atoms with E-state index in [1.165, 1.54) is 23.1 Å². The van der Waals surface area contributed by atoms with Crippen LogP contribution in [-0.4, -0.2) is 13.1 Å². The Hall–Kier alpha value is -1.08. The first kappa shape index (κ1) is 12.4. The van der Waals surface area contributed by atoms with Crippen LogP contribution < -0.4 is 5.32 Å². The zero-order valence-electron chi connectivity index (χ0n) is 11.2. The highest BCUT2D eigenvalue weighted by molar-refractivity contribution is 5.57. The van der Waals surface area contributed by atoms with Crippen LogP contribution in [0.25, 0.3) is 6.08 Å². The minimum absolute atomic E-state index is 0.732. The molecule has 2 atom stereocenters. The average Bonchev–Trinajstić information content (AvgIpc) is 2.30. The Morgan fingerprint density at radius 3 is 2.59 bits per heavy atom. The normalized spacial score (nSPS) is 25.4. The van der Waals surface area contributed by atoms with Crippen LogP contribution in [0.3, 0.4) is 0 Å². The van der Waals surface area contributed by atoms with Crippen LogP contribution in [0.15, 0.2) is 24.3 Å². The Morgan fingerprint density at radius 2 is 1.94 bits per heavy atom. The van der Waals surface area contributed by atoms with Crippen LogP contribution in [0.2, 0.25) is 0 Å². The second-order valence-electron chi connectivity index (χ2n) is 5.30. The molecule has 1 nitrogen and oxygen atoms in total. The number of hydrogen-bond donors (Lipinski definition) is 1. The molecular weight excluding hydrogens is 206 g/mol. The van der Waals surface area contributed by atoms with Gasteiger partial charge < -0.3 is 5.32 Å². The van der Waals surface area contributed by atoms with Crippen LogP contribution >= 0.6 is 0 Å². The summed E-state index contributed by atoms with van der Waals surface area (Å²) in [5.74, 6) is 1.49. The molecule has 1 aromatic carbocycles. The van der Waals surface area contributed by atoms with Gasteiger partial charge in [-0.15, -0.1) is 0 Å². The summed E-state index contributed by atoms with van der Waals surface area (Å²) in [5.41, 5.74) is 4.16. The van der Waals surface area contributed by atoms with Gasteiger partial charge in [-0.05, 0) is 61.9 Å². The summed E-state index contributed by atoms with van der Waals surface area (Å²) in [6.07, 6.45) is 6.01. The van der Waals surface area contributed by atoms with Gasteiger partial charge in [0, 0.05) is 0 Å². The monoisotopic (exact) mass is 229 g/mol. The maximum atomic E-state index is 3.45. The SMILES string of the molecule is Cc1cccc(C)c1C=C[C@H]1CCNC[C@@H]1C. The fourth-order valence-electron chi connectivity index (χ4n) is 2.63. The third-order valence-electron chi connectivity index (χ3n) is 3.90. The molecule has 1 saturated heterocycles. The Bertz CT molecular complexity index is 386. The Labute approximate surface area is 105 Å². The molecule has 0 spiro atoms. The molecule has 0 aromatic heterocycles. The summed E-state index contributed by atoms with van der Waals surface area (Å²) in [7, 11) is 0. The molecule has 0 unspecified atom stereocenters. The molecule has 2 rings (SSSR count). The number of aryl methyl sites for hydroxylation is 2. The molecule has 1 heterocycles. The summed E-state index contributed by atoms with van der Waals surface area (Å²) in [6.45, 7) is 9.04. The molecule has 1 fully saturated rings. The van der Waals surface area contributed by atoms with E-state index in [9.17, 15) is 0 Å². The highest BCUT2D eigenvalue weighted by atomic mass is 14.9. The molecule has 1 aromatic rings. The van der Waals surface area contributed by atoms with Crippen molar-refractivity contribution < 1.29 is 0 Å². The van der Waals surface area contributed by atoms with Gasteiger partial charge in [0.2, 0.25) is 0 Å². The van der Waals surface area contributed by atoms with E-state index >= 15 is 0 Å². The van der Waals surface area contributed by atoms with Crippen LogP contribution in [0, 0.1) is 25.7 Å². The van der Waals surface area contributed by atoms with Gasteiger partial charge in [-0.25, -0.2) is 0 Å². The van der Waals surface area contributed by atoms with E-state index in [2.05, 4.69) is 56.4 Å². The molecule has 1 heteroatoms. The van der Waals surface area contributed by atoms with E-state index in [1.54, 1.807) is 0 Å². The third kappa shape index (κ3) is 2.98. The van der Waals surface area contributed by atoms with Gasteiger partial charge >= 0.3 is 0 Å². The minimum atomic E-state index is 0.732. The molecule has 0 saturated carbocycles. The summed E-state index contributed by atoms with van der Waals surface area (Å²) < 4.78 is 0. The minimum Gasteiger partial charge on any atom is -0.316 e. The Balaban J connectivity index is 2.14. The van der Waals surface area contributed by atoms with Crippen molar-refractivity contribution in [2.24, 2.45) is 11.8 Å². The van der Waals surface area contributed by atoms with E-state index in [1.807, 2.05) is 0 Å². The maximum Gasteiger partial charge on any atom is -0.00175 e. The van der Waals surface area contributed by atoms with Crippen molar-refractivity contribution in [2.45, 2.75) is 27.2 Å². The first-order valence-corrected chi connectivity index (χ1v) is 6.63. The largest absolute Gasteiger partial charge is 0.316 e. The van der Waals surface area contributed by atoms with Crippen molar-refractivity contribution in [1.82, 2.24) is 5.32 Å². The molecule has 0 amide bonds. The van der Waals surface area contributed by atoms with E-state index < -0.39 is 0 Å². The van der Waals surface area contributed by atoms with Crippen LogP contribution in [-0.2, 0) is 0 Å². The molecular formula is C16H23N. The standard InChI is InChI=1S/C16H23N/c1-12-5-4-6-13(2)16(12)8-7-15-9-10-17-11-14(15)3/h4-8,14-15,17H,9-11H2,1-3H3/t14-,15-/m0/s1. The van der Waals surface area contributed by atoms with Gasteiger partial charge in [0.05, 0.1) is 0 Å². The average molecular weight is 229 g/mol.